The van der Waals surface area contributed by atoms with E-state index in [1.54, 1.807) is 6.33 Å². The Morgan fingerprint density at radius 3 is 2.82 bits per heavy atom. The molecule has 1 aromatic rings. The Hall–Kier alpha value is -0.900. The third kappa shape index (κ3) is 2.31. The molecule has 0 saturated heterocycles. The lowest BCUT2D eigenvalue weighted by Gasteiger charge is -2.12. The second-order valence-electron chi connectivity index (χ2n) is 3.05. The van der Waals surface area contributed by atoms with E-state index in [2.05, 4.69) is 29.0 Å². The standard InChI is InChI=1S/C7H14N4/c1-5(2)6(8)3-7-9-4-10-11-7/h4-6H,3,8H2,1-2H3,(H,9,10,11). The van der Waals surface area contributed by atoms with Crippen LogP contribution < -0.4 is 5.73 Å². The van der Waals surface area contributed by atoms with E-state index in [1.165, 1.54) is 0 Å². The molecule has 1 aromatic heterocycles. The van der Waals surface area contributed by atoms with Crippen molar-refractivity contribution in [2.45, 2.75) is 26.3 Å². The van der Waals surface area contributed by atoms with Gasteiger partial charge in [-0.15, -0.1) is 10.2 Å². The zero-order valence-corrected chi connectivity index (χ0v) is 6.91. The summed E-state index contributed by atoms with van der Waals surface area (Å²) in [5, 5.41) is 7.53. The third-order valence-electron chi connectivity index (χ3n) is 1.75. The predicted molar refractivity (Wildman–Crippen MR) is 42.9 cm³/mol. The van der Waals surface area contributed by atoms with E-state index in [0.717, 1.165) is 12.2 Å². The smallest absolute Gasteiger partial charge is 0.131 e. The molecule has 0 aliphatic heterocycles. The fraction of sp³-hybridized carbons (Fsp3) is 0.714. The molecule has 0 spiro atoms. The third-order valence-corrected chi connectivity index (χ3v) is 1.75. The van der Waals surface area contributed by atoms with Crippen LogP contribution >= 0.6 is 0 Å². The van der Waals surface area contributed by atoms with Crippen LogP contribution in [-0.2, 0) is 6.42 Å². The zero-order chi connectivity index (χ0) is 8.27. The largest absolute Gasteiger partial charge is 0.332 e. The first-order valence-corrected chi connectivity index (χ1v) is 3.80. The number of rotatable bonds is 3. The lowest BCUT2D eigenvalue weighted by molar-refractivity contribution is 0.482. The summed E-state index contributed by atoms with van der Waals surface area (Å²) in [4.78, 5) is 2.92. The van der Waals surface area contributed by atoms with Crippen molar-refractivity contribution in [3.8, 4) is 0 Å². The van der Waals surface area contributed by atoms with Crippen LogP contribution in [0.5, 0.6) is 0 Å². The average Bonchev–Trinajstić information content (AvgIpc) is 2.39. The van der Waals surface area contributed by atoms with Gasteiger partial charge in [0.1, 0.15) is 12.2 Å². The molecular formula is C7H14N4. The van der Waals surface area contributed by atoms with Gasteiger partial charge in [-0.25, -0.2) is 0 Å². The van der Waals surface area contributed by atoms with E-state index in [4.69, 9.17) is 5.73 Å². The van der Waals surface area contributed by atoms with Crippen molar-refractivity contribution < 1.29 is 0 Å². The monoisotopic (exact) mass is 154 g/mol. The lowest BCUT2D eigenvalue weighted by Crippen LogP contribution is -2.29. The summed E-state index contributed by atoms with van der Waals surface area (Å²) >= 11 is 0. The Bertz CT molecular complexity index is 192. The fourth-order valence-corrected chi connectivity index (χ4v) is 0.790. The van der Waals surface area contributed by atoms with Gasteiger partial charge in [-0.2, -0.15) is 0 Å². The van der Waals surface area contributed by atoms with Gasteiger partial charge in [0, 0.05) is 12.5 Å². The summed E-state index contributed by atoms with van der Waals surface area (Å²) < 4.78 is 0. The number of nitrogens with one attached hydrogen (secondary N) is 1. The minimum absolute atomic E-state index is 0.169. The number of nitrogens with two attached hydrogens (primary N) is 1. The Morgan fingerprint density at radius 2 is 2.36 bits per heavy atom. The van der Waals surface area contributed by atoms with E-state index in [0.29, 0.717) is 5.92 Å². The highest BCUT2D eigenvalue weighted by Crippen LogP contribution is 2.02. The van der Waals surface area contributed by atoms with Gasteiger partial charge in [0.2, 0.25) is 0 Å². The summed E-state index contributed by atoms with van der Waals surface area (Å²) in [7, 11) is 0. The summed E-state index contributed by atoms with van der Waals surface area (Å²) in [5.41, 5.74) is 5.82. The van der Waals surface area contributed by atoms with Gasteiger partial charge in [-0.1, -0.05) is 13.8 Å². The molecule has 0 saturated carbocycles. The summed E-state index contributed by atoms with van der Waals surface area (Å²) in [5.74, 6) is 1.35. The van der Waals surface area contributed by atoms with Crippen LogP contribution in [-0.4, -0.2) is 21.2 Å². The van der Waals surface area contributed by atoms with E-state index in [-0.39, 0.29) is 6.04 Å². The van der Waals surface area contributed by atoms with Crippen molar-refractivity contribution in [3.05, 3.63) is 12.2 Å². The van der Waals surface area contributed by atoms with Crippen LogP contribution in [0.25, 0.3) is 0 Å². The minimum atomic E-state index is 0.169. The minimum Gasteiger partial charge on any atom is -0.332 e. The van der Waals surface area contributed by atoms with E-state index in [9.17, 15) is 0 Å². The predicted octanol–water partition coefficient (Wildman–Crippen LogP) is 0.330. The maximum absolute atomic E-state index is 5.82. The molecule has 0 aromatic carbocycles. The number of H-pyrrole nitrogens is 1. The SMILES string of the molecule is CC(C)C(N)Cc1nnc[nH]1. The lowest BCUT2D eigenvalue weighted by atomic mass is 10.0. The number of nitrogens with zero attached hydrogens (tertiary/aromatic N) is 2. The molecule has 3 N–H and O–H groups in total. The van der Waals surface area contributed by atoms with Gasteiger partial charge < -0.3 is 10.7 Å². The maximum Gasteiger partial charge on any atom is 0.131 e. The molecule has 0 fully saturated rings. The van der Waals surface area contributed by atoms with Gasteiger partial charge in [0.15, 0.2) is 0 Å². The van der Waals surface area contributed by atoms with E-state index in [1.807, 2.05) is 0 Å². The average molecular weight is 154 g/mol. The molecule has 0 aliphatic rings. The first-order chi connectivity index (χ1) is 5.20. The Morgan fingerprint density at radius 1 is 1.64 bits per heavy atom. The fourth-order valence-electron chi connectivity index (χ4n) is 0.790. The van der Waals surface area contributed by atoms with Crippen molar-refractivity contribution in [1.82, 2.24) is 15.2 Å². The maximum atomic E-state index is 5.82. The summed E-state index contributed by atoms with van der Waals surface area (Å²) in [6.07, 6.45) is 2.35. The van der Waals surface area contributed by atoms with Gasteiger partial charge >= 0.3 is 0 Å². The van der Waals surface area contributed by atoms with Gasteiger partial charge in [-0.3, -0.25) is 0 Å². The molecule has 0 amide bonds. The second-order valence-corrected chi connectivity index (χ2v) is 3.05. The summed E-state index contributed by atoms with van der Waals surface area (Å²) in [6.45, 7) is 4.20. The van der Waals surface area contributed by atoms with Crippen LogP contribution in [0.15, 0.2) is 6.33 Å². The molecule has 1 rings (SSSR count). The van der Waals surface area contributed by atoms with E-state index < -0.39 is 0 Å². The van der Waals surface area contributed by atoms with Crippen LogP contribution in [0, 0.1) is 5.92 Å². The number of aromatic amines is 1. The Labute approximate surface area is 66.2 Å². The molecular weight excluding hydrogens is 140 g/mol. The van der Waals surface area contributed by atoms with Gasteiger partial charge in [-0.05, 0) is 5.92 Å². The number of aromatic nitrogens is 3. The quantitative estimate of drug-likeness (QED) is 0.659. The molecule has 11 heavy (non-hydrogen) atoms. The number of hydrogen-bond acceptors (Lipinski definition) is 3. The van der Waals surface area contributed by atoms with Crippen molar-refractivity contribution in [2.75, 3.05) is 0 Å². The molecule has 0 aliphatic carbocycles. The van der Waals surface area contributed by atoms with E-state index >= 15 is 0 Å². The first-order valence-electron chi connectivity index (χ1n) is 3.80. The Kier molecular flexibility index (Phi) is 2.59. The van der Waals surface area contributed by atoms with Crippen LogP contribution in [0.4, 0.5) is 0 Å². The molecule has 4 nitrogen and oxygen atoms in total. The molecule has 4 heteroatoms. The molecule has 1 heterocycles. The molecule has 1 atom stereocenters. The Balaban J connectivity index is 2.43. The van der Waals surface area contributed by atoms with Gasteiger partial charge in [0.25, 0.3) is 0 Å². The highest BCUT2D eigenvalue weighted by molar-refractivity contribution is 4.85. The molecule has 62 valence electrons. The number of hydrogen-bond donors (Lipinski definition) is 2. The normalized spacial score (nSPS) is 13.8. The highest BCUT2D eigenvalue weighted by atomic mass is 15.2. The van der Waals surface area contributed by atoms with Crippen LogP contribution in [0.2, 0.25) is 0 Å². The summed E-state index contributed by atoms with van der Waals surface area (Å²) in [6, 6.07) is 0.169. The topological polar surface area (TPSA) is 67.6 Å². The van der Waals surface area contributed by atoms with Crippen molar-refractivity contribution in [2.24, 2.45) is 11.7 Å². The van der Waals surface area contributed by atoms with Crippen molar-refractivity contribution in [1.29, 1.82) is 0 Å². The molecule has 1 unspecified atom stereocenters. The molecule has 0 radical (unpaired) electrons. The molecule has 0 bridgehead atoms. The highest BCUT2D eigenvalue weighted by Gasteiger charge is 2.09. The van der Waals surface area contributed by atoms with Gasteiger partial charge in [0.05, 0.1) is 0 Å². The zero-order valence-electron chi connectivity index (χ0n) is 6.91. The van der Waals surface area contributed by atoms with Crippen LogP contribution in [0.1, 0.15) is 19.7 Å². The van der Waals surface area contributed by atoms with Crippen molar-refractivity contribution in [3.63, 3.8) is 0 Å². The first kappa shape index (κ1) is 8.20. The second kappa shape index (κ2) is 3.48. The van der Waals surface area contributed by atoms with Crippen LogP contribution in [0.3, 0.4) is 0 Å². The van der Waals surface area contributed by atoms with Crippen molar-refractivity contribution >= 4 is 0 Å².